The highest BCUT2D eigenvalue weighted by Crippen LogP contribution is 2.34. The van der Waals surface area contributed by atoms with Gasteiger partial charge in [0.25, 0.3) is 5.91 Å². The van der Waals surface area contributed by atoms with Crippen molar-refractivity contribution in [3.05, 3.63) is 71.3 Å². The summed E-state index contributed by atoms with van der Waals surface area (Å²) in [7, 11) is 0. The highest BCUT2D eigenvalue weighted by atomic mass is 19.1. The zero-order chi connectivity index (χ0) is 26.2. The van der Waals surface area contributed by atoms with E-state index in [1.165, 1.54) is 22.0 Å². The van der Waals surface area contributed by atoms with Crippen molar-refractivity contribution in [1.29, 1.82) is 0 Å². The van der Waals surface area contributed by atoms with E-state index in [4.69, 9.17) is 4.74 Å². The summed E-state index contributed by atoms with van der Waals surface area (Å²) in [6.45, 7) is 5.91. The maximum absolute atomic E-state index is 14.8. The van der Waals surface area contributed by atoms with Gasteiger partial charge in [-0.2, -0.15) is 5.10 Å². The Hall–Kier alpha value is -3.37. The number of morpholine rings is 1. The van der Waals surface area contributed by atoms with Gasteiger partial charge >= 0.3 is 6.03 Å². The molecule has 0 bridgehead atoms. The second kappa shape index (κ2) is 12.7. The summed E-state index contributed by atoms with van der Waals surface area (Å²) in [5.41, 5.74) is 0.917. The molecule has 198 valence electrons. The van der Waals surface area contributed by atoms with E-state index in [1.54, 1.807) is 36.4 Å². The zero-order valence-corrected chi connectivity index (χ0v) is 21.0. The molecular formula is C27H33F2N5O3. The topological polar surface area (TPSA) is 77.5 Å². The number of hydrazone groups is 1. The van der Waals surface area contributed by atoms with E-state index in [0.717, 1.165) is 19.5 Å². The molecule has 0 saturated carbocycles. The zero-order valence-electron chi connectivity index (χ0n) is 21.0. The molecule has 10 heteroatoms. The maximum Gasteiger partial charge on any atom is 0.317 e. The lowest BCUT2D eigenvalue weighted by Crippen LogP contribution is -2.49. The number of rotatable bonds is 9. The van der Waals surface area contributed by atoms with E-state index >= 15 is 0 Å². The Morgan fingerprint density at radius 3 is 2.49 bits per heavy atom. The fourth-order valence-electron chi connectivity index (χ4n) is 4.50. The molecule has 3 amide bonds. The number of halogens is 2. The molecule has 1 atom stereocenters. The van der Waals surface area contributed by atoms with Gasteiger partial charge in [0.15, 0.2) is 0 Å². The summed E-state index contributed by atoms with van der Waals surface area (Å²) >= 11 is 0. The van der Waals surface area contributed by atoms with Crippen LogP contribution in [-0.2, 0) is 9.53 Å². The van der Waals surface area contributed by atoms with Gasteiger partial charge in [-0.25, -0.2) is 18.6 Å². The summed E-state index contributed by atoms with van der Waals surface area (Å²) in [6.07, 6.45) is 0.915. The molecular weight excluding hydrogens is 480 g/mol. The fraction of sp³-hybridized carbons (Fsp3) is 0.444. The Kier molecular flexibility index (Phi) is 9.19. The van der Waals surface area contributed by atoms with Crippen LogP contribution in [0.5, 0.6) is 0 Å². The summed E-state index contributed by atoms with van der Waals surface area (Å²) in [6, 6.07) is 11.3. The van der Waals surface area contributed by atoms with Crippen molar-refractivity contribution < 1.29 is 23.1 Å². The lowest BCUT2D eigenvalue weighted by Gasteiger charge is -2.31. The van der Waals surface area contributed by atoms with Crippen LogP contribution in [0, 0.1) is 11.6 Å². The molecule has 0 spiro atoms. The molecule has 0 aromatic heterocycles. The molecule has 1 saturated heterocycles. The Labute approximate surface area is 215 Å². The van der Waals surface area contributed by atoms with E-state index in [-0.39, 0.29) is 24.6 Å². The number of ether oxygens (including phenoxy) is 1. The third kappa shape index (κ3) is 6.69. The number of nitrogens with zero attached hydrogens (tertiary/aromatic N) is 4. The number of hydrogen-bond donors (Lipinski definition) is 1. The SMILES string of the molecule is CCCNC(=O)N(CCN1CCOCC1)CC(=O)N1N=C(c2ccccc2F)CC1c1ccccc1F. The van der Waals surface area contributed by atoms with Crippen LogP contribution in [0.2, 0.25) is 0 Å². The normalized spacial score (nSPS) is 18.0. The van der Waals surface area contributed by atoms with Gasteiger partial charge in [-0.3, -0.25) is 9.69 Å². The first-order valence-corrected chi connectivity index (χ1v) is 12.7. The molecule has 1 unspecified atom stereocenters. The number of carbonyl (C=O) groups is 2. The van der Waals surface area contributed by atoms with Crippen molar-refractivity contribution >= 4 is 17.6 Å². The summed E-state index contributed by atoms with van der Waals surface area (Å²) in [5, 5.41) is 8.49. The van der Waals surface area contributed by atoms with Crippen molar-refractivity contribution in [2.24, 2.45) is 5.10 Å². The highest BCUT2D eigenvalue weighted by molar-refractivity contribution is 6.03. The van der Waals surface area contributed by atoms with E-state index in [1.807, 2.05) is 6.92 Å². The molecule has 4 rings (SSSR count). The monoisotopic (exact) mass is 513 g/mol. The number of amides is 3. The van der Waals surface area contributed by atoms with Crippen molar-refractivity contribution in [2.75, 3.05) is 52.5 Å². The fourth-order valence-corrected chi connectivity index (χ4v) is 4.50. The first kappa shape index (κ1) is 26.7. The highest BCUT2D eigenvalue weighted by Gasteiger charge is 2.36. The molecule has 8 nitrogen and oxygen atoms in total. The van der Waals surface area contributed by atoms with Gasteiger partial charge in [0, 0.05) is 50.3 Å². The lowest BCUT2D eigenvalue weighted by atomic mass is 9.97. The maximum atomic E-state index is 14.8. The van der Waals surface area contributed by atoms with Crippen molar-refractivity contribution in [3.8, 4) is 0 Å². The Balaban J connectivity index is 1.57. The lowest BCUT2D eigenvalue weighted by molar-refractivity contribution is -0.133. The smallest absolute Gasteiger partial charge is 0.317 e. The van der Waals surface area contributed by atoms with Crippen molar-refractivity contribution in [2.45, 2.75) is 25.8 Å². The number of carbonyl (C=O) groups excluding carboxylic acids is 2. The number of urea groups is 1. The van der Waals surface area contributed by atoms with E-state index < -0.39 is 23.6 Å². The van der Waals surface area contributed by atoms with Crippen LogP contribution in [0.1, 0.15) is 36.9 Å². The largest absolute Gasteiger partial charge is 0.379 e. The molecule has 2 heterocycles. The Morgan fingerprint density at radius 1 is 1.08 bits per heavy atom. The Morgan fingerprint density at radius 2 is 1.78 bits per heavy atom. The van der Waals surface area contributed by atoms with Crippen molar-refractivity contribution in [3.63, 3.8) is 0 Å². The summed E-state index contributed by atoms with van der Waals surface area (Å²) in [5.74, 6) is -1.40. The minimum absolute atomic E-state index is 0.156. The average Bonchev–Trinajstić information content (AvgIpc) is 3.35. The minimum atomic E-state index is -0.747. The average molecular weight is 514 g/mol. The molecule has 2 aliphatic heterocycles. The third-order valence-electron chi connectivity index (χ3n) is 6.54. The Bertz CT molecular complexity index is 1120. The van der Waals surface area contributed by atoms with Gasteiger partial charge in [0.05, 0.1) is 25.0 Å². The van der Waals surface area contributed by atoms with Crippen LogP contribution in [0.3, 0.4) is 0 Å². The molecule has 2 aromatic rings. The van der Waals surface area contributed by atoms with Crippen LogP contribution < -0.4 is 5.32 Å². The molecule has 0 aliphatic carbocycles. The second-order valence-corrected chi connectivity index (χ2v) is 9.11. The number of hydrogen-bond acceptors (Lipinski definition) is 5. The first-order chi connectivity index (χ1) is 18.0. The van der Waals surface area contributed by atoms with Crippen LogP contribution in [0.4, 0.5) is 13.6 Å². The van der Waals surface area contributed by atoms with Gasteiger partial charge in [0.2, 0.25) is 0 Å². The van der Waals surface area contributed by atoms with Gasteiger partial charge < -0.3 is 15.0 Å². The molecule has 37 heavy (non-hydrogen) atoms. The van der Waals surface area contributed by atoms with E-state index in [0.29, 0.717) is 44.1 Å². The van der Waals surface area contributed by atoms with Gasteiger partial charge in [0.1, 0.15) is 18.2 Å². The molecule has 1 fully saturated rings. The second-order valence-electron chi connectivity index (χ2n) is 9.11. The predicted octanol–water partition coefficient (Wildman–Crippen LogP) is 3.40. The van der Waals surface area contributed by atoms with Crippen LogP contribution in [0.15, 0.2) is 53.6 Å². The first-order valence-electron chi connectivity index (χ1n) is 12.7. The van der Waals surface area contributed by atoms with E-state index in [2.05, 4.69) is 15.3 Å². The number of benzene rings is 2. The van der Waals surface area contributed by atoms with Crippen LogP contribution >= 0.6 is 0 Å². The predicted molar refractivity (Wildman–Crippen MR) is 136 cm³/mol. The molecule has 1 N–H and O–H groups in total. The standard InChI is InChI=1S/C27H33F2N5O3/c1-2-11-30-27(36)33(13-12-32-14-16-37-17-15-32)19-26(35)34-25(21-8-4-6-10-23(21)29)18-24(31-34)20-7-3-5-9-22(20)28/h3-10,25H,2,11-19H2,1H3,(H,30,36). The van der Waals surface area contributed by atoms with Crippen LogP contribution in [0.25, 0.3) is 0 Å². The molecule has 2 aromatic carbocycles. The summed E-state index contributed by atoms with van der Waals surface area (Å²) in [4.78, 5) is 30.1. The van der Waals surface area contributed by atoms with Gasteiger partial charge in [-0.1, -0.05) is 43.3 Å². The van der Waals surface area contributed by atoms with Gasteiger partial charge in [-0.05, 0) is 18.6 Å². The quantitative estimate of drug-likeness (QED) is 0.558. The summed E-state index contributed by atoms with van der Waals surface area (Å²) < 4.78 is 34.7. The van der Waals surface area contributed by atoms with Gasteiger partial charge in [-0.15, -0.1) is 0 Å². The molecule has 0 radical (unpaired) electrons. The molecule has 2 aliphatic rings. The third-order valence-corrected chi connectivity index (χ3v) is 6.54. The van der Waals surface area contributed by atoms with E-state index in [9.17, 15) is 18.4 Å². The minimum Gasteiger partial charge on any atom is -0.379 e. The van der Waals surface area contributed by atoms with Crippen molar-refractivity contribution in [1.82, 2.24) is 20.1 Å². The van der Waals surface area contributed by atoms with Crippen LogP contribution in [-0.4, -0.2) is 84.9 Å². The number of nitrogens with one attached hydrogen (secondary N) is 1.